The van der Waals surface area contributed by atoms with Crippen molar-refractivity contribution in [3.8, 4) is 0 Å². The molecule has 0 radical (unpaired) electrons. The van der Waals surface area contributed by atoms with Crippen LogP contribution in [0.15, 0.2) is 18.2 Å². The van der Waals surface area contributed by atoms with Gasteiger partial charge in [0.2, 0.25) is 0 Å². The molecular formula is C13H18ClN3O. The number of nitrogen functional groups attached to an aromatic ring is 1. The van der Waals surface area contributed by atoms with Gasteiger partial charge >= 0.3 is 0 Å². The molecule has 4 nitrogen and oxygen atoms in total. The maximum absolute atomic E-state index is 12.3. The van der Waals surface area contributed by atoms with Crippen molar-refractivity contribution in [1.29, 1.82) is 0 Å². The summed E-state index contributed by atoms with van der Waals surface area (Å²) in [5.74, 6) is 0.0289. The standard InChI is InChI=1S/C13H18ClN3O/c1-16(2)10-5-6-17(8-10)13(18)9-3-4-12(15)11(14)7-9/h3-4,7,10H,5-6,8,15H2,1-2H3. The van der Waals surface area contributed by atoms with Crippen molar-refractivity contribution in [3.63, 3.8) is 0 Å². The third kappa shape index (κ3) is 2.60. The zero-order chi connectivity index (χ0) is 13.3. The Kier molecular flexibility index (Phi) is 3.78. The average molecular weight is 268 g/mol. The van der Waals surface area contributed by atoms with Gasteiger partial charge in [-0.3, -0.25) is 4.79 Å². The largest absolute Gasteiger partial charge is 0.398 e. The van der Waals surface area contributed by atoms with Gasteiger partial charge in [-0.2, -0.15) is 0 Å². The van der Waals surface area contributed by atoms with E-state index in [1.54, 1.807) is 18.2 Å². The number of nitrogens with two attached hydrogens (primary N) is 1. The molecule has 5 heteroatoms. The molecule has 1 fully saturated rings. The number of carbonyl (C=O) groups is 1. The number of likely N-dealkylation sites (tertiary alicyclic amines) is 1. The van der Waals surface area contributed by atoms with E-state index in [9.17, 15) is 4.79 Å². The molecule has 1 aliphatic rings. The van der Waals surface area contributed by atoms with Crippen LogP contribution in [0, 0.1) is 0 Å². The van der Waals surface area contributed by atoms with Crippen LogP contribution in [-0.4, -0.2) is 48.9 Å². The van der Waals surface area contributed by atoms with Gasteiger partial charge in [0.25, 0.3) is 5.91 Å². The second-order valence-electron chi connectivity index (χ2n) is 4.89. The summed E-state index contributed by atoms with van der Waals surface area (Å²) in [7, 11) is 4.08. The predicted octanol–water partition coefficient (Wildman–Crippen LogP) is 1.70. The Morgan fingerprint density at radius 2 is 2.22 bits per heavy atom. The maximum atomic E-state index is 12.3. The van der Waals surface area contributed by atoms with Crippen LogP contribution in [0.25, 0.3) is 0 Å². The quantitative estimate of drug-likeness (QED) is 0.830. The molecule has 1 atom stereocenters. The lowest BCUT2D eigenvalue weighted by Gasteiger charge is -2.20. The smallest absolute Gasteiger partial charge is 0.253 e. The first-order valence-corrected chi connectivity index (χ1v) is 6.37. The summed E-state index contributed by atoms with van der Waals surface area (Å²) in [6, 6.07) is 5.49. The number of hydrogen-bond donors (Lipinski definition) is 1. The normalized spacial score (nSPS) is 19.6. The number of amides is 1. The van der Waals surface area contributed by atoms with Gasteiger partial charge in [0.15, 0.2) is 0 Å². The molecule has 98 valence electrons. The summed E-state index contributed by atoms with van der Waals surface area (Å²) < 4.78 is 0. The van der Waals surface area contributed by atoms with Gasteiger partial charge in [-0.1, -0.05) is 11.6 Å². The summed E-state index contributed by atoms with van der Waals surface area (Å²) in [6.07, 6.45) is 1.02. The van der Waals surface area contributed by atoms with E-state index < -0.39 is 0 Å². The molecule has 0 aliphatic carbocycles. The van der Waals surface area contributed by atoms with Gasteiger partial charge in [-0.25, -0.2) is 0 Å². The minimum atomic E-state index is 0.0289. The fourth-order valence-electron chi connectivity index (χ4n) is 2.19. The second-order valence-corrected chi connectivity index (χ2v) is 5.30. The van der Waals surface area contributed by atoms with Crippen LogP contribution >= 0.6 is 11.6 Å². The molecule has 1 heterocycles. The molecule has 1 saturated heterocycles. The monoisotopic (exact) mass is 267 g/mol. The van der Waals surface area contributed by atoms with Crippen LogP contribution in [0.3, 0.4) is 0 Å². The van der Waals surface area contributed by atoms with Gasteiger partial charge < -0.3 is 15.5 Å². The highest BCUT2D eigenvalue weighted by molar-refractivity contribution is 6.33. The average Bonchev–Trinajstić information content (AvgIpc) is 2.81. The van der Waals surface area contributed by atoms with E-state index in [0.717, 1.165) is 19.5 Å². The van der Waals surface area contributed by atoms with Crippen LogP contribution in [0.4, 0.5) is 5.69 Å². The van der Waals surface area contributed by atoms with Gasteiger partial charge in [-0.15, -0.1) is 0 Å². The molecule has 2 N–H and O–H groups in total. The number of carbonyl (C=O) groups excluding carboxylic acids is 1. The number of benzene rings is 1. The molecule has 1 aromatic carbocycles. The van der Waals surface area contributed by atoms with Crippen LogP contribution in [0.5, 0.6) is 0 Å². The molecule has 0 bridgehead atoms. The Labute approximate surface area is 112 Å². The molecule has 1 amide bonds. The van der Waals surface area contributed by atoms with E-state index >= 15 is 0 Å². The molecule has 18 heavy (non-hydrogen) atoms. The summed E-state index contributed by atoms with van der Waals surface area (Å²) >= 11 is 5.94. The Bertz CT molecular complexity index is 462. The topological polar surface area (TPSA) is 49.6 Å². The zero-order valence-electron chi connectivity index (χ0n) is 10.7. The van der Waals surface area contributed by atoms with Crippen molar-refractivity contribution in [3.05, 3.63) is 28.8 Å². The van der Waals surface area contributed by atoms with Crippen molar-refractivity contribution in [1.82, 2.24) is 9.80 Å². The molecule has 1 aromatic rings. The minimum Gasteiger partial charge on any atom is -0.398 e. The number of hydrogen-bond acceptors (Lipinski definition) is 3. The fraction of sp³-hybridized carbons (Fsp3) is 0.462. The van der Waals surface area contributed by atoms with Crippen LogP contribution in [0.2, 0.25) is 5.02 Å². The Morgan fingerprint density at radius 3 is 2.78 bits per heavy atom. The molecule has 0 aromatic heterocycles. The van der Waals surface area contributed by atoms with Crippen molar-refractivity contribution in [2.45, 2.75) is 12.5 Å². The lowest BCUT2D eigenvalue weighted by atomic mass is 10.2. The van der Waals surface area contributed by atoms with Gasteiger partial charge in [0, 0.05) is 24.7 Å². The molecule has 2 rings (SSSR count). The maximum Gasteiger partial charge on any atom is 0.253 e. The number of anilines is 1. The summed E-state index contributed by atoms with van der Waals surface area (Å²) in [5, 5.41) is 0.434. The number of nitrogens with zero attached hydrogens (tertiary/aromatic N) is 2. The number of rotatable bonds is 2. The summed E-state index contributed by atoms with van der Waals surface area (Å²) in [5.41, 5.74) is 6.75. The molecule has 1 unspecified atom stereocenters. The van der Waals surface area contributed by atoms with Crippen molar-refractivity contribution >= 4 is 23.2 Å². The summed E-state index contributed by atoms with van der Waals surface area (Å²) in [6.45, 7) is 1.57. The zero-order valence-corrected chi connectivity index (χ0v) is 11.4. The Balaban J connectivity index is 2.10. The molecule has 0 spiro atoms. The van der Waals surface area contributed by atoms with E-state index in [4.69, 9.17) is 17.3 Å². The minimum absolute atomic E-state index is 0.0289. The Hall–Kier alpha value is -1.26. The van der Waals surface area contributed by atoms with Crippen molar-refractivity contribution in [2.75, 3.05) is 32.9 Å². The molecule has 0 saturated carbocycles. The number of likely N-dealkylation sites (N-methyl/N-ethyl adjacent to an activating group) is 1. The fourth-order valence-corrected chi connectivity index (χ4v) is 2.37. The highest BCUT2D eigenvalue weighted by atomic mass is 35.5. The third-order valence-electron chi connectivity index (χ3n) is 3.43. The highest BCUT2D eigenvalue weighted by Gasteiger charge is 2.28. The van der Waals surface area contributed by atoms with E-state index in [1.807, 2.05) is 19.0 Å². The third-order valence-corrected chi connectivity index (χ3v) is 3.76. The van der Waals surface area contributed by atoms with Gasteiger partial charge in [0.1, 0.15) is 0 Å². The SMILES string of the molecule is CN(C)C1CCN(C(=O)c2ccc(N)c(Cl)c2)C1. The highest BCUT2D eigenvalue weighted by Crippen LogP contribution is 2.22. The summed E-state index contributed by atoms with van der Waals surface area (Å²) in [4.78, 5) is 16.3. The van der Waals surface area contributed by atoms with E-state index in [2.05, 4.69) is 4.90 Å². The van der Waals surface area contributed by atoms with E-state index in [1.165, 1.54) is 0 Å². The molecule has 1 aliphatic heterocycles. The second kappa shape index (κ2) is 5.16. The number of halogens is 1. The molecular weight excluding hydrogens is 250 g/mol. The Morgan fingerprint density at radius 1 is 1.50 bits per heavy atom. The van der Waals surface area contributed by atoms with Gasteiger partial charge in [-0.05, 0) is 38.7 Å². The predicted molar refractivity (Wildman–Crippen MR) is 73.9 cm³/mol. The van der Waals surface area contributed by atoms with E-state index in [0.29, 0.717) is 22.3 Å². The lowest BCUT2D eigenvalue weighted by molar-refractivity contribution is 0.0783. The van der Waals surface area contributed by atoms with Crippen molar-refractivity contribution in [2.24, 2.45) is 0 Å². The van der Waals surface area contributed by atoms with Crippen LogP contribution in [0.1, 0.15) is 16.8 Å². The van der Waals surface area contributed by atoms with Crippen LogP contribution in [-0.2, 0) is 0 Å². The van der Waals surface area contributed by atoms with Crippen molar-refractivity contribution < 1.29 is 4.79 Å². The first-order valence-electron chi connectivity index (χ1n) is 6.00. The lowest BCUT2D eigenvalue weighted by Crippen LogP contribution is -2.34. The van der Waals surface area contributed by atoms with Gasteiger partial charge in [0.05, 0.1) is 10.7 Å². The van der Waals surface area contributed by atoms with E-state index in [-0.39, 0.29) is 5.91 Å². The first kappa shape index (κ1) is 13.2. The first-order chi connectivity index (χ1) is 8.49. The van der Waals surface area contributed by atoms with Crippen LogP contribution < -0.4 is 5.73 Å².